The fourth-order valence-corrected chi connectivity index (χ4v) is 3.27. The van der Waals surface area contributed by atoms with Gasteiger partial charge in [0.15, 0.2) is 0 Å². The topological polar surface area (TPSA) is 87.7 Å². The van der Waals surface area contributed by atoms with Crippen molar-refractivity contribution in [1.82, 2.24) is 15.2 Å². The molecule has 0 bridgehead atoms. The Hall–Kier alpha value is -2.32. The monoisotopic (exact) mass is 365 g/mol. The second kappa shape index (κ2) is 8.17. The molecule has 8 heteroatoms. The van der Waals surface area contributed by atoms with Crippen molar-refractivity contribution >= 4 is 26.8 Å². The second-order valence-electron chi connectivity index (χ2n) is 5.54. The van der Waals surface area contributed by atoms with Gasteiger partial charge in [0.25, 0.3) is 0 Å². The van der Waals surface area contributed by atoms with Gasteiger partial charge in [-0.25, -0.2) is 22.9 Å². The lowest BCUT2D eigenvalue weighted by Gasteiger charge is -2.20. The maximum Gasteiger partial charge on any atom is 0.345 e. The largest absolute Gasteiger partial charge is 0.494 e. The minimum absolute atomic E-state index is 0.0644. The van der Waals surface area contributed by atoms with Gasteiger partial charge in [-0.15, -0.1) is 0 Å². The number of hydrogen-bond donors (Lipinski definition) is 2. The van der Waals surface area contributed by atoms with Crippen molar-refractivity contribution in [2.45, 2.75) is 13.3 Å². The van der Waals surface area contributed by atoms with Crippen molar-refractivity contribution < 1.29 is 17.9 Å². The number of carbonyl (C=O) groups excluding carboxylic acids is 1. The number of nitrogens with one attached hydrogen (secondary N) is 2. The molecule has 0 fully saturated rings. The van der Waals surface area contributed by atoms with Crippen LogP contribution in [0.1, 0.15) is 12.5 Å². The summed E-state index contributed by atoms with van der Waals surface area (Å²) in [5, 5.41) is 2.08. The Morgan fingerprint density at radius 2 is 1.84 bits per heavy atom. The number of benzene rings is 2. The van der Waals surface area contributed by atoms with Crippen molar-refractivity contribution in [3.63, 3.8) is 0 Å². The van der Waals surface area contributed by atoms with Crippen LogP contribution in [0.3, 0.4) is 0 Å². The first-order valence-electron chi connectivity index (χ1n) is 7.95. The maximum absolute atomic E-state index is 11.9. The van der Waals surface area contributed by atoms with Gasteiger partial charge in [0.2, 0.25) is 10.0 Å². The smallest absolute Gasteiger partial charge is 0.345 e. The SMILES string of the molecule is CCOc1ccc2cc(CCN(C(=O)NNC)S(C)(=O)=O)ccc2c1. The van der Waals surface area contributed by atoms with E-state index in [4.69, 9.17) is 4.74 Å². The van der Waals surface area contributed by atoms with E-state index in [0.717, 1.165) is 32.6 Å². The molecule has 0 saturated heterocycles. The zero-order chi connectivity index (χ0) is 18.4. The lowest BCUT2D eigenvalue weighted by atomic mass is 10.0. The Morgan fingerprint density at radius 1 is 1.16 bits per heavy atom. The van der Waals surface area contributed by atoms with Gasteiger partial charge in [-0.2, -0.15) is 0 Å². The first-order chi connectivity index (χ1) is 11.8. The summed E-state index contributed by atoms with van der Waals surface area (Å²) in [7, 11) is -2.15. The van der Waals surface area contributed by atoms with Crippen LogP contribution in [0.5, 0.6) is 5.75 Å². The summed E-state index contributed by atoms with van der Waals surface area (Å²) in [5.74, 6) is 0.815. The Balaban J connectivity index is 2.16. The predicted molar refractivity (Wildman–Crippen MR) is 98.0 cm³/mol. The number of urea groups is 1. The van der Waals surface area contributed by atoms with Crippen molar-refractivity contribution in [2.75, 3.05) is 26.5 Å². The number of fused-ring (bicyclic) bond motifs is 1. The predicted octanol–water partition coefficient (Wildman–Crippen LogP) is 1.89. The van der Waals surface area contributed by atoms with Crippen LogP contribution in [-0.4, -0.2) is 45.2 Å². The van der Waals surface area contributed by atoms with Gasteiger partial charge in [0.1, 0.15) is 5.75 Å². The highest BCUT2D eigenvalue weighted by atomic mass is 32.2. The van der Waals surface area contributed by atoms with Gasteiger partial charge in [-0.1, -0.05) is 24.3 Å². The molecule has 0 aliphatic rings. The van der Waals surface area contributed by atoms with E-state index < -0.39 is 16.1 Å². The molecule has 0 aliphatic carbocycles. The van der Waals surface area contributed by atoms with Crippen LogP contribution in [0.2, 0.25) is 0 Å². The third-order valence-corrected chi connectivity index (χ3v) is 4.80. The molecule has 25 heavy (non-hydrogen) atoms. The minimum Gasteiger partial charge on any atom is -0.494 e. The number of ether oxygens (including phenoxy) is 1. The summed E-state index contributed by atoms with van der Waals surface area (Å²) < 4.78 is 29.9. The molecule has 2 aromatic rings. The molecule has 2 rings (SSSR count). The highest BCUT2D eigenvalue weighted by Crippen LogP contribution is 2.22. The molecule has 0 radical (unpaired) electrons. The average molecular weight is 365 g/mol. The summed E-state index contributed by atoms with van der Waals surface area (Å²) in [6.45, 7) is 2.61. The van der Waals surface area contributed by atoms with Gasteiger partial charge in [-0.05, 0) is 41.8 Å². The Kier molecular flexibility index (Phi) is 6.22. The fraction of sp³-hybridized carbons (Fsp3) is 0.353. The quantitative estimate of drug-likeness (QED) is 0.732. The molecule has 0 unspecified atom stereocenters. The average Bonchev–Trinajstić information content (AvgIpc) is 2.54. The van der Waals surface area contributed by atoms with Crippen LogP contribution in [-0.2, 0) is 16.4 Å². The van der Waals surface area contributed by atoms with Crippen molar-refractivity contribution in [3.8, 4) is 5.75 Å². The van der Waals surface area contributed by atoms with Crippen LogP contribution < -0.4 is 15.6 Å². The molecule has 7 nitrogen and oxygen atoms in total. The lowest BCUT2D eigenvalue weighted by molar-refractivity contribution is 0.220. The van der Waals surface area contributed by atoms with Crippen LogP contribution in [0, 0.1) is 0 Å². The normalized spacial score (nSPS) is 11.3. The molecule has 0 aliphatic heterocycles. The van der Waals surface area contributed by atoms with Gasteiger partial charge < -0.3 is 4.74 Å². The van der Waals surface area contributed by atoms with Gasteiger partial charge in [0.05, 0.1) is 12.9 Å². The van der Waals surface area contributed by atoms with Crippen molar-refractivity contribution in [1.29, 1.82) is 0 Å². The molecule has 0 aromatic heterocycles. The van der Waals surface area contributed by atoms with Gasteiger partial charge in [0, 0.05) is 13.6 Å². The highest BCUT2D eigenvalue weighted by molar-refractivity contribution is 7.88. The van der Waals surface area contributed by atoms with Gasteiger partial charge >= 0.3 is 6.03 Å². The summed E-state index contributed by atoms with van der Waals surface area (Å²) in [4.78, 5) is 11.9. The van der Waals surface area contributed by atoms with Crippen LogP contribution in [0.15, 0.2) is 36.4 Å². The number of rotatable bonds is 7. The Bertz CT molecular complexity index is 852. The molecule has 136 valence electrons. The number of hydrazine groups is 1. The van der Waals surface area contributed by atoms with Crippen molar-refractivity contribution in [3.05, 3.63) is 42.0 Å². The van der Waals surface area contributed by atoms with E-state index >= 15 is 0 Å². The summed E-state index contributed by atoms with van der Waals surface area (Å²) in [5.41, 5.74) is 5.67. The van der Waals surface area contributed by atoms with E-state index in [1.807, 2.05) is 43.3 Å². The van der Waals surface area contributed by atoms with E-state index in [-0.39, 0.29) is 6.54 Å². The molecular weight excluding hydrogens is 342 g/mol. The summed E-state index contributed by atoms with van der Waals surface area (Å²) in [6.07, 6.45) is 1.44. The first-order valence-corrected chi connectivity index (χ1v) is 9.80. The molecule has 0 heterocycles. The van der Waals surface area contributed by atoms with E-state index in [9.17, 15) is 13.2 Å². The van der Waals surface area contributed by atoms with Gasteiger partial charge in [-0.3, -0.25) is 5.43 Å². The third kappa shape index (κ3) is 5.07. The lowest BCUT2D eigenvalue weighted by Crippen LogP contribution is -2.48. The molecule has 2 amide bonds. The number of carbonyl (C=O) groups is 1. The third-order valence-electron chi connectivity index (χ3n) is 3.65. The van der Waals surface area contributed by atoms with Crippen LogP contribution >= 0.6 is 0 Å². The number of nitrogens with zero attached hydrogens (tertiary/aromatic N) is 1. The molecule has 2 N–H and O–H groups in total. The van der Waals surface area contributed by atoms with E-state index in [0.29, 0.717) is 13.0 Å². The highest BCUT2D eigenvalue weighted by Gasteiger charge is 2.22. The molecule has 2 aromatic carbocycles. The number of sulfonamides is 1. The van der Waals surface area contributed by atoms with E-state index in [1.165, 1.54) is 7.05 Å². The summed E-state index contributed by atoms with van der Waals surface area (Å²) in [6, 6.07) is 11.0. The Morgan fingerprint density at radius 3 is 2.48 bits per heavy atom. The van der Waals surface area contributed by atoms with E-state index in [1.54, 1.807) is 0 Å². The minimum atomic E-state index is -3.65. The van der Waals surface area contributed by atoms with Crippen LogP contribution in [0.4, 0.5) is 4.79 Å². The van der Waals surface area contributed by atoms with Crippen LogP contribution in [0.25, 0.3) is 10.8 Å². The number of hydrogen-bond acceptors (Lipinski definition) is 5. The summed E-state index contributed by atoms with van der Waals surface area (Å²) >= 11 is 0. The Labute approximate surface area is 148 Å². The first kappa shape index (κ1) is 19.0. The van der Waals surface area contributed by atoms with E-state index in [2.05, 4.69) is 10.9 Å². The standard InChI is InChI=1S/C17H23N3O4S/c1-4-24-16-8-7-14-11-13(5-6-15(14)12-16)9-10-20(25(3,22)23)17(21)19-18-2/h5-8,11-12,18H,4,9-10H2,1-3H3,(H,19,21). The molecule has 0 saturated carbocycles. The van der Waals surface area contributed by atoms with Crippen molar-refractivity contribution in [2.24, 2.45) is 0 Å². The maximum atomic E-state index is 11.9. The zero-order valence-corrected chi connectivity index (χ0v) is 15.4. The molecule has 0 spiro atoms. The second-order valence-corrected chi connectivity index (χ2v) is 7.45. The number of amides is 2. The fourth-order valence-electron chi connectivity index (χ4n) is 2.50. The molecule has 0 atom stereocenters. The molecular formula is C17H23N3O4S. The zero-order valence-electron chi connectivity index (χ0n) is 14.6.